The third kappa shape index (κ3) is 2.33. The third-order valence-electron chi connectivity index (χ3n) is 4.18. The van der Waals surface area contributed by atoms with Crippen LogP contribution in [0, 0.1) is 11.3 Å². The van der Waals surface area contributed by atoms with E-state index in [1.807, 2.05) is 13.8 Å². The second kappa shape index (κ2) is 5.18. The van der Waals surface area contributed by atoms with Gasteiger partial charge in [-0.2, -0.15) is 4.31 Å². The van der Waals surface area contributed by atoms with Crippen LogP contribution in [0.15, 0.2) is 35.2 Å². The molecule has 1 N–H and O–H groups in total. The van der Waals surface area contributed by atoms with Crippen molar-refractivity contribution in [2.75, 3.05) is 13.1 Å². The van der Waals surface area contributed by atoms with E-state index in [-0.39, 0.29) is 23.9 Å². The fraction of sp³-hybridized carbons (Fsp3) is 0.500. The lowest BCUT2D eigenvalue weighted by molar-refractivity contribution is -0.150. The molecule has 1 aromatic carbocycles. The van der Waals surface area contributed by atoms with Crippen molar-refractivity contribution in [3.05, 3.63) is 30.3 Å². The van der Waals surface area contributed by atoms with Gasteiger partial charge in [-0.1, -0.05) is 32.0 Å². The molecule has 1 aliphatic heterocycles. The maximum Gasteiger partial charge on any atom is 0.311 e. The van der Waals surface area contributed by atoms with Crippen LogP contribution >= 0.6 is 0 Å². The van der Waals surface area contributed by atoms with Gasteiger partial charge in [-0.3, -0.25) is 4.79 Å². The van der Waals surface area contributed by atoms with Crippen molar-refractivity contribution in [1.82, 2.24) is 4.31 Å². The molecular weight excluding hydrogens is 278 g/mol. The first kappa shape index (κ1) is 15.0. The highest BCUT2D eigenvalue weighted by Gasteiger charge is 2.50. The summed E-state index contributed by atoms with van der Waals surface area (Å²) in [5.74, 6) is -1.03. The molecule has 1 aliphatic rings. The van der Waals surface area contributed by atoms with Crippen LogP contribution in [-0.4, -0.2) is 36.9 Å². The molecule has 1 fully saturated rings. The molecule has 110 valence electrons. The second-order valence-corrected chi connectivity index (χ2v) is 7.46. The predicted octanol–water partition coefficient (Wildman–Crippen LogP) is 1.81. The van der Waals surface area contributed by atoms with Crippen LogP contribution in [0.1, 0.15) is 20.3 Å². The van der Waals surface area contributed by atoms with Gasteiger partial charge in [-0.05, 0) is 24.5 Å². The van der Waals surface area contributed by atoms with Crippen LogP contribution in [0.4, 0.5) is 0 Å². The number of sulfonamides is 1. The summed E-state index contributed by atoms with van der Waals surface area (Å²) in [6.07, 6.45) is 0.353. The zero-order chi connectivity index (χ0) is 15.0. The quantitative estimate of drug-likeness (QED) is 0.919. The van der Waals surface area contributed by atoms with Crippen molar-refractivity contribution in [1.29, 1.82) is 0 Å². The van der Waals surface area contributed by atoms with E-state index in [1.54, 1.807) is 18.2 Å². The average molecular weight is 297 g/mol. The number of rotatable bonds is 4. The highest BCUT2D eigenvalue weighted by molar-refractivity contribution is 7.89. The number of carboxylic acid groups (broad SMARTS) is 1. The fourth-order valence-corrected chi connectivity index (χ4v) is 4.17. The van der Waals surface area contributed by atoms with E-state index < -0.39 is 21.4 Å². The van der Waals surface area contributed by atoms with Crippen LogP contribution in [0.2, 0.25) is 0 Å². The van der Waals surface area contributed by atoms with Gasteiger partial charge in [0.2, 0.25) is 10.0 Å². The molecule has 1 unspecified atom stereocenters. The summed E-state index contributed by atoms with van der Waals surface area (Å²) in [6.45, 7) is 3.94. The molecule has 1 saturated heterocycles. The number of aliphatic carboxylic acids is 1. The molecule has 5 nitrogen and oxygen atoms in total. The maximum absolute atomic E-state index is 12.5. The molecule has 0 amide bonds. The van der Waals surface area contributed by atoms with E-state index >= 15 is 0 Å². The average Bonchev–Trinajstić information content (AvgIpc) is 2.87. The van der Waals surface area contributed by atoms with Crippen LogP contribution in [-0.2, 0) is 14.8 Å². The smallest absolute Gasteiger partial charge is 0.311 e. The highest BCUT2D eigenvalue weighted by Crippen LogP contribution is 2.40. The molecular formula is C14H19NO4S. The third-order valence-corrected chi connectivity index (χ3v) is 6.04. The van der Waals surface area contributed by atoms with E-state index in [4.69, 9.17) is 0 Å². The Hall–Kier alpha value is -1.40. The summed E-state index contributed by atoms with van der Waals surface area (Å²) in [4.78, 5) is 11.8. The van der Waals surface area contributed by atoms with E-state index in [1.165, 1.54) is 16.4 Å². The Bertz CT molecular complexity index is 597. The van der Waals surface area contributed by atoms with Crippen molar-refractivity contribution in [2.24, 2.45) is 11.3 Å². The number of hydrogen-bond donors (Lipinski definition) is 1. The zero-order valence-electron chi connectivity index (χ0n) is 11.6. The molecule has 1 atom stereocenters. The topological polar surface area (TPSA) is 74.7 Å². The van der Waals surface area contributed by atoms with Gasteiger partial charge in [-0.25, -0.2) is 8.42 Å². The number of benzene rings is 1. The monoisotopic (exact) mass is 297 g/mol. The lowest BCUT2D eigenvalue weighted by atomic mass is 9.77. The maximum atomic E-state index is 12.5. The predicted molar refractivity (Wildman–Crippen MR) is 74.7 cm³/mol. The number of carbonyl (C=O) groups is 1. The molecule has 1 heterocycles. The van der Waals surface area contributed by atoms with Crippen molar-refractivity contribution in [2.45, 2.75) is 25.2 Å². The van der Waals surface area contributed by atoms with Gasteiger partial charge in [0.25, 0.3) is 0 Å². The molecule has 0 aliphatic carbocycles. The first-order chi connectivity index (χ1) is 9.30. The number of nitrogens with zero attached hydrogens (tertiary/aromatic N) is 1. The van der Waals surface area contributed by atoms with Crippen molar-refractivity contribution < 1.29 is 18.3 Å². The Morgan fingerprint density at radius 1 is 1.30 bits per heavy atom. The molecule has 6 heteroatoms. The Balaban J connectivity index is 2.32. The van der Waals surface area contributed by atoms with Gasteiger partial charge in [0, 0.05) is 13.1 Å². The number of hydrogen-bond acceptors (Lipinski definition) is 3. The summed E-state index contributed by atoms with van der Waals surface area (Å²) in [7, 11) is -3.61. The van der Waals surface area contributed by atoms with E-state index in [2.05, 4.69) is 0 Å². The summed E-state index contributed by atoms with van der Waals surface area (Å²) < 4.78 is 26.3. The van der Waals surface area contributed by atoms with E-state index in [0.29, 0.717) is 6.42 Å². The van der Waals surface area contributed by atoms with Gasteiger partial charge in [0.1, 0.15) is 0 Å². The largest absolute Gasteiger partial charge is 0.481 e. The molecule has 20 heavy (non-hydrogen) atoms. The van der Waals surface area contributed by atoms with Crippen LogP contribution in [0.5, 0.6) is 0 Å². The normalized spacial score (nSPS) is 24.1. The van der Waals surface area contributed by atoms with Crippen LogP contribution in [0.25, 0.3) is 0 Å². The Morgan fingerprint density at radius 3 is 2.35 bits per heavy atom. The minimum absolute atomic E-state index is 0.0389. The van der Waals surface area contributed by atoms with Crippen LogP contribution < -0.4 is 0 Å². The van der Waals surface area contributed by atoms with E-state index in [0.717, 1.165) is 0 Å². The summed E-state index contributed by atoms with van der Waals surface area (Å²) in [6, 6.07) is 8.14. The minimum atomic E-state index is -3.61. The van der Waals surface area contributed by atoms with Gasteiger partial charge < -0.3 is 5.11 Å². The summed E-state index contributed by atoms with van der Waals surface area (Å²) in [5.41, 5.74) is -0.984. The van der Waals surface area contributed by atoms with Crippen molar-refractivity contribution >= 4 is 16.0 Å². The molecule has 2 rings (SSSR count). The molecule has 0 saturated carbocycles. The first-order valence-corrected chi connectivity index (χ1v) is 8.03. The zero-order valence-corrected chi connectivity index (χ0v) is 12.4. The lowest BCUT2D eigenvalue weighted by Gasteiger charge is -2.28. The van der Waals surface area contributed by atoms with Crippen molar-refractivity contribution in [3.8, 4) is 0 Å². The van der Waals surface area contributed by atoms with E-state index in [9.17, 15) is 18.3 Å². The second-order valence-electron chi connectivity index (χ2n) is 5.52. The first-order valence-electron chi connectivity index (χ1n) is 6.59. The molecule has 0 spiro atoms. The lowest BCUT2D eigenvalue weighted by Crippen LogP contribution is -2.40. The SMILES string of the molecule is CC(C)C1(C(=O)O)CCN(S(=O)(=O)c2ccccc2)C1. The van der Waals surface area contributed by atoms with Crippen molar-refractivity contribution in [3.63, 3.8) is 0 Å². The Morgan fingerprint density at radius 2 is 1.90 bits per heavy atom. The fourth-order valence-electron chi connectivity index (χ4n) is 2.64. The van der Waals surface area contributed by atoms with Gasteiger partial charge in [-0.15, -0.1) is 0 Å². The van der Waals surface area contributed by atoms with Gasteiger partial charge in [0.15, 0.2) is 0 Å². The van der Waals surface area contributed by atoms with Gasteiger partial charge >= 0.3 is 5.97 Å². The molecule has 0 bridgehead atoms. The molecule has 0 aromatic heterocycles. The summed E-state index contributed by atoms with van der Waals surface area (Å²) >= 11 is 0. The molecule has 1 aromatic rings. The summed E-state index contributed by atoms with van der Waals surface area (Å²) in [5, 5.41) is 9.47. The van der Waals surface area contributed by atoms with Gasteiger partial charge in [0.05, 0.1) is 10.3 Å². The van der Waals surface area contributed by atoms with Crippen LogP contribution in [0.3, 0.4) is 0 Å². The highest BCUT2D eigenvalue weighted by atomic mass is 32.2. The Kier molecular flexibility index (Phi) is 3.88. The minimum Gasteiger partial charge on any atom is -0.481 e. The number of carboxylic acids is 1. The Labute approximate surface area is 119 Å². The standard InChI is InChI=1S/C14H19NO4S/c1-11(2)14(13(16)17)8-9-15(10-14)20(18,19)12-6-4-3-5-7-12/h3-7,11H,8-10H2,1-2H3,(H,16,17). The molecule has 0 radical (unpaired) electrons.